The predicted octanol–water partition coefficient (Wildman–Crippen LogP) is -2.48. The molecule has 0 bridgehead atoms. The predicted molar refractivity (Wildman–Crippen MR) is 35.4 cm³/mol. The first-order chi connectivity index (χ1) is 5.13. The molecule has 0 amide bonds. The summed E-state index contributed by atoms with van der Waals surface area (Å²) in [6.07, 6.45) is -3.83. The molecule has 0 aromatic heterocycles. The van der Waals surface area contributed by atoms with Crippen LogP contribution in [-0.2, 0) is 0 Å². The Bertz CT molecular complexity index is 128. The molecular weight excluding hydrogens is 154 g/mol. The maximum Gasteiger partial charge on any atom is 0.121 e. The van der Waals surface area contributed by atoms with Crippen LogP contribution in [0.1, 0.15) is 0 Å². The molecule has 0 saturated carbocycles. The van der Waals surface area contributed by atoms with Crippen molar-refractivity contribution in [3.05, 3.63) is 0 Å². The lowest BCUT2D eigenvalue weighted by molar-refractivity contribution is -0.0546. The number of nitrogens with zero attached hydrogens (tertiary/aromatic N) is 1. The van der Waals surface area contributed by atoms with Crippen molar-refractivity contribution in [1.82, 2.24) is 0 Å². The summed E-state index contributed by atoms with van der Waals surface area (Å²) in [5, 5.41) is 45.0. The molecule has 0 fully saturated rings. The van der Waals surface area contributed by atoms with E-state index in [2.05, 4.69) is 5.16 Å². The van der Waals surface area contributed by atoms with Crippen LogP contribution in [0.15, 0.2) is 5.16 Å². The van der Waals surface area contributed by atoms with Gasteiger partial charge >= 0.3 is 0 Å². The van der Waals surface area contributed by atoms with E-state index in [-0.39, 0.29) is 0 Å². The van der Waals surface area contributed by atoms with Gasteiger partial charge in [0.05, 0.1) is 12.8 Å². The molecule has 0 spiro atoms. The summed E-state index contributed by atoms with van der Waals surface area (Å²) in [7, 11) is 0. The van der Waals surface area contributed by atoms with Crippen LogP contribution in [0.5, 0.6) is 0 Å². The number of hydrogen-bond donors (Lipinski definition) is 5. The van der Waals surface area contributed by atoms with Crippen molar-refractivity contribution in [3.63, 3.8) is 0 Å². The molecule has 0 aliphatic rings. The Morgan fingerprint density at radius 3 is 2.18 bits per heavy atom. The van der Waals surface area contributed by atoms with Gasteiger partial charge in [0.1, 0.15) is 18.3 Å². The second kappa shape index (κ2) is 5.03. The van der Waals surface area contributed by atoms with Crippen LogP contribution in [0.25, 0.3) is 0 Å². The Kier molecular flexibility index (Phi) is 4.71. The summed E-state index contributed by atoms with van der Waals surface area (Å²) in [5.41, 5.74) is 0. The van der Waals surface area contributed by atoms with Gasteiger partial charge < -0.3 is 25.6 Å². The fourth-order valence-corrected chi connectivity index (χ4v) is 0.492. The summed E-state index contributed by atoms with van der Waals surface area (Å²) in [6.45, 7) is -0.669. The first kappa shape index (κ1) is 10.3. The van der Waals surface area contributed by atoms with Gasteiger partial charge in [-0.25, -0.2) is 0 Å². The Hall–Kier alpha value is -0.690. The average Bonchev–Trinajstić information content (AvgIpc) is 2.02. The van der Waals surface area contributed by atoms with E-state index in [1.165, 1.54) is 0 Å². The SMILES string of the molecule is OC[C@@H](O)[C@@H](O)[C@H](O)/C=N/O. The number of aliphatic hydroxyl groups excluding tert-OH is 4. The molecule has 0 aliphatic heterocycles. The standard InChI is InChI=1S/C5H11NO5/c7-2-4(9)5(10)3(8)1-6-11/h1,3-5,7-11H,2H2/b6-1+/t3-,4-,5+/m1/s1. The molecule has 0 aromatic rings. The van der Waals surface area contributed by atoms with Gasteiger partial charge in [-0.3, -0.25) is 0 Å². The fraction of sp³-hybridized carbons (Fsp3) is 0.800. The highest BCUT2D eigenvalue weighted by Gasteiger charge is 2.22. The van der Waals surface area contributed by atoms with Crippen LogP contribution < -0.4 is 0 Å². The number of oxime groups is 1. The quantitative estimate of drug-likeness (QED) is 0.180. The van der Waals surface area contributed by atoms with Crippen molar-refractivity contribution in [2.45, 2.75) is 18.3 Å². The highest BCUT2D eigenvalue weighted by Crippen LogP contribution is 1.97. The smallest absolute Gasteiger partial charge is 0.121 e. The average molecular weight is 165 g/mol. The van der Waals surface area contributed by atoms with Gasteiger partial charge in [0, 0.05) is 0 Å². The van der Waals surface area contributed by atoms with Crippen molar-refractivity contribution in [3.8, 4) is 0 Å². The summed E-state index contributed by atoms with van der Waals surface area (Å²) in [4.78, 5) is 0. The maximum atomic E-state index is 8.85. The topological polar surface area (TPSA) is 114 Å². The van der Waals surface area contributed by atoms with E-state index in [0.29, 0.717) is 6.21 Å². The molecule has 6 nitrogen and oxygen atoms in total. The van der Waals surface area contributed by atoms with Crippen molar-refractivity contribution in [2.24, 2.45) is 5.16 Å². The molecule has 5 N–H and O–H groups in total. The van der Waals surface area contributed by atoms with Gasteiger partial charge in [-0.2, -0.15) is 0 Å². The third-order valence-corrected chi connectivity index (χ3v) is 1.15. The van der Waals surface area contributed by atoms with E-state index in [0.717, 1.165) is 0 Å². The van der Waals surface area contributed by atoms with E-state index in [4.69, 9.17) is 25.6 Å². The second-order valence-electron chi connectivity index (χ2n) is 2.00. The van der Waals surface area contributed by atoms with Gasteiger partial charge in [0.25, 0.3) is 0 Å². The molecule has 66 valence electrons. The zero-order valence-corrected chi connectivity index (χ0v) is 5.70. The lowest BCUT2D eigenvalue weighted by Crippen LogP contribution is -2.40. The third kappa shape index (κ3) is 3.28. The Morgan fingerprint density at radius 1 is 1.27 bits per heavy atom. The van der Waals surface area contributed by atoms with Gasteiger partial charge in [-0.05, 0) is 0 Å². The van der Waals surface area contributed by atoms with Gasteiger partial charge in [0.15, 0.2) is 0 Å². The summed E-state index contributed by atoms with van der Waals surface area (Å²) >= 11 is 0. The zero-order valence-electron chi connectivity index (χ0n) is 5.70. The van der Waals surface area contributed by atoms with Crippen molar-refractivity contribution in [2.75, 3.05) is 6.61 Å². The van der Waals surface area contributed by atoms with E-state index < -0.39 is 24.9 Å². The van der Waals surface area contributed by atoms with Gasteiger partial charge in [0.2, 0.25) is 0 Å². The lowest BCUT2D eigenvalue weighted by Gasteiger charge is -2.17. The largest absolute Gasteiger partial charge is 0.411 e. The molecule has 0 rings (SSSR count). The normalized spacial score (nSPS) is 20.0. The summed E-state index contributed by atoms with van der Waals surface area (Å²) in [5.74, 6) is 0. The minimum absolute atomic E-state index is 0.642. The number of rotatable bonds is 4. The summed E-state index contributed by atoms with van der Waals surface area (Å²) < 4.78 is 0. The first-order valence-corrected chi connectivity index (χ1v) is 2.96. The fourth-order valence-electron chi connectivity index (χ4n) is 0.492. The molecule has 0 radical (unpaired) electrons. The monoisotopic (exact) mass is 165 g/mol. The lowest BCUT2D eigenvalue weighted by atomic mass is 10.1. The van der Waals surface area contributed by atoms with E-state index >= 15 is 0 Å². The van der Waals surface area contributed by atoms with E-state index in [1.807, 2.05) is 0 Å². The highest BCUT2D eigenvalue weighted by molar-refractivity contribution is 5.62. The Balaban J connectivity index is 3.90. The molecule has 0 saturated heterocycles. The molecule has 0 aromatic carbocycles. The van der Waals surface area contributed by atoms with Crippen LogP contribution in [0, 0.1) is 0 Å². The van der Waals surface area contributed by atoms with Crippen LogP contribution in [0.4, 0.5) is 0 Å². The van der Waals surface area contributed by atoms with E-state index in [1.54, 1.807) is 0 Å². The molecule has 11 heavy (non-hydrogen) atoms. The number of hydrogen-bond acceptors (Lipinski definition) is 6. The molecule has 0 aliphatic carbocycles. The molecule has 0 unspecified atom stereocenters. The molecule has 0 heterocycles. The van der Waals surface area contributed by atoms with Crippen molar-refractivity contribution >= 4 is 6.21 Å². The zero-order chi connectivity index (χ0) is 8.85. The Morgan fingerprint density at radius 2 is 1.82 bits per heavy atom. The van der Waals surface area contributed by atoms with Crippen LogP contribution in [-0.4, -0.2) is 56.8 Å². The van der Waals surface area contributed by atoms with E-state index in [9.17, 15) is 0 Å². The van der Waals surface area contributed by atoms with Crippen LogP contribution in [0.2, 0.25) is 0 Å². The third-order valence-electron chi connectivity index (χ3n) is 1.15. The molecule has 6 heteroatoms. The van der Waals surface area contributed by atoms with Gasteiger partial charge in [-0.1, -0.05) is 5.16 Å². The minimum atomic E-state index is -1.55. The first-order valence-electron chi connectivity index (χ1n) is 2.96. The van der Waals surface area contributed by atoms with Crippen LogP contribution >= 0.6 is 0 Å². The van der Waals surface area contributed by atoms with Crippen molar-refractivity contribution in [1.29, 1.82) is 0 Å². The molecular formula is C5H11NO5. The number of aliphatic hydroxyl groups is 4. The van der Waals surface area contributed by atoms with Gasteiger partial charge in [-0.15, -0.1) is 0 Å². The summed E-state index contributed by atoms with van der Waals surface area (Å²) in [6, 6.07) is 0. The second-order valence-corrected chi connectivity index (χ2v) is 2.00. The van der Waals surface area contributed by atoms with Crippen LogP contribution in [0.3, 0.4) is 0 Å². The Labute approximate surface area is 63.0 Å². The van der Waals surface area contributed by atoms with Crippen molar-refractivity contribution < 1.29 is 25.6 Å². The molecule has 3 atom stereocenters. The maximum absolute atomic E-state index is 8.85. The highest BCUT2D eigenvalue weighted by atomic mass is 16.4. The minimum Gasteiger partial charge on any atom is -0.411 e.